The number of anilines is 2. The van der Waals surface area contributed by atoms with Gasteiger partial charge in [0.2, 0.25) is 5.91 Å². The van der Waals surface area contributed by atoms with Crippen molar-refractivity contribution in [1.82, 2.24) is 4.98 Å². The lowest BCUT2D eigenvalue weighted by Crippen LogP contribution is -2.15. The van der Waals surface area contributed by atoms with Gasteiger partial charge >= 0.3 is 0 Å². The third kappa shape index (κ3) is 3.21. The highest BCUT2D eigenvalue weighted by atomic mass is 35.5. The molecule has 1 aromatic heterocycles. The molecule has 0 aliphatic carbocycles. The molecule has 3 N–H and O–H groups in total. The molecule has 0 fully saturated rings. The van der Waals surface area contributed by atoms with E-state index >= 15 is 0 Å². The number of hydrogen-bond acceptors (Lipinski definition) is 4. The number of carbonyl (C=O) groups is 1. The molecule has 18 heavy (non-hydrogen) atoms. The van der Waals surface area contributed by atoms with E-state index in [1.54, 1.807) is 11.4 Å². The number of hydrogen-bond donors (Lipinski definition) is 2. The SMILES string of the molecule is Cc1ccc(Cl)c(NC(=O)Cc2csc(N)n2)c1. The van der Waals surface area contributed by atoms with Crippen LogP contribution in [0.1, 0.15) is 11.3 Å². The molecule has 0 unspecified atom stereocenters. The van der Waals surface area contributed by atoms with E-state index in [1.807, 2.05) is 19.1 Å². The normalized spacial score (nSPS) is 10.3. The molecule has 94 valence electrons. The summed E-state index contributed by atoms with van der Waals surface area (Å²) in [7, 11) is 0. The predicted octanol–water partition coefficient (Wildman–Crippen LogP) is 2.87. The second-order valence-corrected chi connectivity index (χ2v) is 5.18. The topological polar surface area (TPSA) is 68.0 Å². The highest BCUT2D eigenvalue weighted by molar-refractivity contribution is 7.13. The van der Waals surface area contributed by atoms with E-state index in [-0.39, 0.29) is 12.3 Å². The first-order valence-electron chi connectivity index (χ1n) is 5.30. The monoisotopic (exact) mass is 281 g/mol. The second-order valence-electron chi connectivity index (χ2n) is 3.89. The van der Waals surface area contributed by atoms with Crippen LogP contribution in [0.3, 0.4) is 0 Å². The number of nitrogens with one attached hydrogen (secondary N) is 1. The van der Waals surface area contributed by atoms with Crippen molar-refractivity contribution in [3.05, 3.63) is 39.9 Å². The minimum absolute atomic E-state index is 0.159. The summed E-state index contributed by atoms with van der Waals surface area (Å²) in [6, 6.07) is 5.47. The minimum atomic E-state index is -0.159. The number of benzene rings is 1. The fourth-order valence-corrected chi connectivity index (χ4v) is 2.23. The van der Waals surface area contributed by atoms with Crippen LogP contribution in [0, 0.1) is 6.92 Å². The van der Waals surface area contributed by atoms with Gasteiger partial charge in [-0.05, 0) is 24.6 Å². The van der Waals surface area contributed by atoms with Gasteiger partial charge in [0.05, 0.1) is 22.8 Å². The van der Waals surface area contributed by atoms with Gasteiger partial charge in [0, 0.05) is 5.38 Å². The summed E-state index contributed by atoms with van der Waals surface area (Å²) in [5.41, 5.74) is 7.82. The average Bonchev–Trinajstić information content (AvgIpc) is 2.69. The number of aromatic nitrogens is 1. The molecule has 0 atom stereocenters. The first-order chi connectivity index (χ1) is 8.54. The van der Waals surface area contributed by atoms with E-state index in [4.69, 9.17) is 17.3 Å². The zero-order valence-corrected chi connectivity index (χ0v) is 11.3. The van der Waals surface area contributed by atoms with Gasteiger partial charge in [-0.25, -0.2) is 4.98 Å². The maximum absolute atomic E-state index is 11.8. The van der Waals surface area contributed by atoms with Gasteiger partial charge < -0.3 is 11.1 Å². The molecular formula is C12H12ClN3OS. The van der Waals surface area contributed by atoms with Gasteiger partial charge in [-0.1, -0.05) is 17.7 Å². The van der Waals surface area contributed by atoms with E-state index in [0.717, 1.165) is 5.56 Å². The predicted molar refractivity (Wildman–Crippen MR) is 75.0 cm³/mol. The number of nitrogens with zero attached hydrogens (tertiary/aromatic N) is 1. The Bertz CT molecular complexity index is 582. The summed E-state index contributed by atoms with van der Waals surface area (Å²) in [4.78, 5) is 15.8. The highest BCUT2D eigenvalue weighted by Crippen LogP contribution is 2.23. The Morgan fingerprint density at radius 3 is 3.00 bits per heavy atom. The van der Waals surface area contributed by atoms with E-state index < -0.39 is 0 Å². The van der Waals surface area contributed by atoms with Crippen LogP contribution in [-0.2, 0) is 11.2 Å². The summed E-state index contributed by atoms with van der Waals surface area (Å²) in [6.07, 6.45) is 0.192. The molecule has 0 aliphatic rings. The quantitative estimate of drug-likeness (QED) is 0.909. The van der Waals surface area contributed by atoms with Crippen molar-refractivity contribution in [2.24, 2.45) is 0 Å². The van der Waals surface area contributed by atoms with Crippen LogP contribution < -0.4 is 11.1 Å². The Labute approximate surface area is 114 Å². The second kappa shape index (κ2) is 5.37. The van der Waals surface area contributed by atoms with Gasteiger partial charge in [0.1, 0.15) is 0 Å². The molecule has 0 spiro atoms. The zero-order valence-electron chi connectivity index (χ0n) is 9.74. The summed E-state index contributed by atoms with van der Waals surface area (Å²) in [5, 5.41) is 5.52. The molecule has 0 aliphatic heterocycles. The van der Waals surface area contributed by atoms with Crippen LogP contribution in [0.15, 0.2) is 23.6 Å². The molecule has 0 bridgehead atoms. The maximum atomic E-state index is 11.8. The Kier molecular flexibility index (Phi) is 3.84. The molecule has 1 amide bonds. The lowest BCUT2D eigenvalue weighted by atomic mass is 10.2. The molecule has 4 nitrogen and oxygen atoms in total. The maximum Gasteiger partial charge on any atom is 0.230 e. The minimum Gasteiger partial charge on any atom is -0.375 e. The molecule has 1 aromatic carbocycles. The largest absolute Gasteiger partial charge is 0.375 e. The Balaban J connectivity index is 2.05. The first-order valence-corrected chi connectivity index (χ1v) is 6.56. The summed E-state index contributed by atoms with van der Waals surface area (Å²) in [5.74, 6) is -0.159. The van der Waals surface area contributed by atoms with Gasteiger partial charge in [-0.15, -0.1) is 11.3 Å². The van der Waals surface area contributed by atoms with Crippen LogP contribution >= 0.6 is 22.9 Å². The van der Waals surface area contributed by atoms with Crippen LogP contribution in [0.25, 0.3) is 0 Å². The van der Waals surface area contributed by atoms with Gasteiger partial charge in [-0.3, -0.25) is 4.79 Å². The number of rotatable bonds is 3. The number of nitrogens with two attached hydrogens (primary N) is 1. The fraction of sp³-hybridized carbons (Fsp3) is 0.167. The third-order valence-electron chi connectivity index (χ3n) is 2.31. The standard InChI is InChI=1S/C12H12ClN3OS/c1-7-2-3-9(13)10(4-7)16-11(17)5-8-6-18-12(14)15-8/h2-4,6H,5H2,1H3,(H2,14,15)(H,16,17). The van der Waals surface area contributed by atoms with Crippen molar-refractivity contribution < 1.29 is 4.79 Å². The van der Waals surface area contributed by atoms with Crippen LogP contribution in [0.2, 0.25) is 5.02 Å². The van der Waals surface area contributed by atoms with Crippen molar-refractivity contribution in [2.45, 2.75) is 13.3 Å². The van der Waals surface area contributed by atoms with Crippen LogP contribution in [0.4, 0.5) is 10.8 Å². The Morgan fingerprint density at radius 1 is 1.56 bits per heavy atom. The van der Waals surface area contributed by atoms with Crippen molar-refractivity contribution in [1.29, 1.82) is 0 Å². The number of carbonyl (C=O) groups excluding carboxylic acids is 1. The number of amides is 1. The smallest absolute Gasteiger partial charge is 0.230 e. The number of thiazole rings is 1. The van der Waals surface area contributed by atoms with Crippen molar-refractivity contribution >= 4 is 39.7 Å². The van der Waals surface area contributed by atoms with Crippen molar-refractivity contribution in [3.63, 3.8) is 0 Å². The van der Waals surface area contributed by atoms with E-state index in [1.165, 1.54) is 11.3 Å². The van der Waals surface area contributed by atoms with Gasteiger partial charge in [-0.2, -0.15) is 0 Å². The summed E-state index contributed by atoms with van der Waals surface area (Å²) >= 11 is 7.32. The van der Waals surface area contributed by atoms with E-state index in [0.29, 0.717) is 21.5 Å². The molecule has 2 aromatic rings. The molecule has 0 saturated heterocycles. The van der Waals surface area contributed by atoms with E-state index in [2.05, 4.69) is 10.3 Å². The van der Waals surface area contributed by atoms with Crippen LogP contribution in [0.5, 0.6) is 0 Å². The average molecular weight is 282 g/mol. The number of nitrogen functional groups attached to an aromatic ring is 1. The Hall–Kier alpha value is -1.59. The molecular weight excluding hydrogens is 270 g/mol. The first kappa shape index (κ1) is 12.9. The molecule has 2 rings (SSSR count). The summed E-state index contributed by atoms with van der Waals surface area (Å²) < 4.78 is 0. The van der Waals surface area contributed by atoms with Gasteiger partial charge in [0.25, 0.3) is 0 Å². The lowest BCUT2D eigenvalue weighted by Gasteiger charge is -2.07. The van der Waals surface area contributed by atoms with E-state index in [9.17, 15) is 4.79 Å². The molecule has 6 heteroatoms. The molecule has 0 radical (unpaired) electrons. The lowest BCUT2D eigenvalue weighted by molar-refractivity contribution is -0.115. The highest BCUT2D eigenvalue weighted by Gasteiger charge is 2.09. The van der Waals surface area contributed by atoms with Crippen LogP contribution in [-0.4, -0.2) is 10.9 Å². The Morgan fingerprint density at radius 2 is 2.33 bits per heavy atom. The van der Waals surface area contributed by atoms with Gasteiger partial charge in [0.15, 0.2) is 5.13 Å². The van der Waals surface area contributed by atoms with Crippen molar-refractivity contribution in [3.8, 4) is 0 Å². The molecule has 0 saturated carbocycles. The number of halogens is 1. The summed E-state index contributed by atoms with van der Waals surface area (Å²) in [6.45, 7) is 1.94. The van der Waals surface area contributed by atoms with Crippen molar-refractivity contribution in [2.75, 3.05) is 11.1 Å². The molecule has 1 heterocycles. The third-order valence-corrected chi connectivity index (χ3v) is 3.36. The fourth-order valence-electron chi connectivity index (χ4n) is 1.50. The number of aryl methyl sites for hydroxylation is 1. The zero-order chi connectivity index (χ0) is 13.1.